The molecule has 7 heteroatoms. The highest BCUT2D eigenvalue weighted by Crippen LogP contribution is 2.26. The van der Waals surface area contributed by atoms with E-state index in [0.717, 1.165) is 50.6 Å². The van der Waals surface area contributed by atoms with Crippen LogP contribution in [0, 0.1) is 5.92 Å². The number of hydrogen-bond donors (Lipinski definition) is 2. The summed E-state index contributed by atoms with van der Waals surface area (Å²) in [4.78, 5) is 12.2. The van der Waals surface area contributed by atoms with Crippen LogP contribution < -0.4 is 10.6 Å². The molecule has 1 atom stereocenters. The highest BCUT2D eigenvalue weighted by molar-refractivity contribution is 7.91. The van der Waals surface area contributed by atoms with Crippen LogP contribution in [0.3, 0.4) is 0 Å². The number of anilines is 1. The van der Waals surface area contributed by atoms with Crippen molar-refractivity contribution in [3.63, 3.8) is 0 Å². The molecule has 1 saturated carbocycles. The molecule has 25 heavy (non-hydrogen) atoms. The van der Waals surface area contributed by atoms with Crippen LogP contribution >= 0.6 is 12.4 Å². The second-order valence-electron chi connectivity index (χ2n) is 6.95. The van der Waals surface area contributed by atoms with Gasteiger partial charge in [0.05, 0.1) is 16.9 Å². The van der Waals surface area contributed by atoms with Crippen molar-refractivity contribution in [1.82, 2.24) is 5.32 Å². The number of hydrogen-bond acceptors (Lipinski definition) is 4. The van der Waals surface area contributed by atoms with Crippen molar-refractivity contribution in [1.29, 1.82) is 0 Å². The molecule has 2 N–H and O–H groups in total. The fourth-order valence-corrected chi connectivity index (χ4v) is 5.57. The molecular weight excluding hydrogens is 360 g/mol. The zero-order valence-electron chi connectivity index (χ0n) is 14.4. The van der Waals surface area contributed by atoms with Crippen LogP contribution in [0.4, 0.5) is 5.69 Å². The summed E-state index contributed by atoms with van der Waals surface area (Å²) in [5, 5.41) is 5.89. The van der Waals surface area contributed by atoms with E-state index < -0.39 is 9.84 Å². The summed E-state index contributed by atoms with van der Waals surface area (Å²) < 4.78 is 25.2. The Hall–Kier alpha value is -1.11. The maximum atomic E-state index is 12.6. The van der Waals surface area contributed by atoms with Gasteiger partial charge in [-0.3, -0.25) is 4.79 Å². The van der Waals surface area contributed by atoms with Crippen LogP contribution in [0.2, 0.25) is 0 Å². The standard InChI is InChI=1S/C18H26N2O3S.ClH/c21-18(15-9-10-19-12-15)20-16-6-4-5-14(11-16)13-24(22,23)17-7-2-1-3-8-17;/h4-6,11,15,17,19H,1-3,7-10,12-13H2,(H,20,21);1H. The van der Waals surface area contributed by atoms with Crippen LogP contribution in [0.1, 0.15) is 44.1 Å². The molecule has 0 spiro atoms. The van der Waals surface area contributed by atoms with Crippen LogP contribution in [-0.2, 0) is 20.4 Å². The van der Waals surface area contributed by atoms with Crippen molar-refractivity contribution in [2.45, 2.75) is 49.5 Å². The topological polar surface area (TPSA) is 75.3 Å². The van der Waals surface area contributed by atoms with Gasteiger partial charge in [-0.15, -0.1) is 12.4 Å². The molecule has 0 bridgehead atoms. The molecule has 0 radical (unpaired) electrons. The van der Waals surface area contributed by atoms with Gasteiger partial charge in [0.1, 0.15) is 0 Å². The number of carbonyl (C=O) groups excluding carboxylic acids is 1. The maximum Gasteiger partial charge on any atom is 0.228 e. The first-order valence-electron chi connectivity index (χ1n) is 8.87. The van der Waals surface area contributed by atoms with Gasteiger partial charge in [0.25, 0.3) is 0 Å². The van der Waals surface area contributed by atoms with Gasteiger partial charge < -0.3 is 10.6 Å². The molecule has 3 rings (SSSR count). The number of carbonyl (C=O) groups is 1. The minimum Gasteiger partial charge on any atom is -0.326 e. The summed E-state index contributed by atoms with van der Waals surface area (Å²) in [5.74, 6) is 0.0683. The third kappa shape index (κ3) is 5.43. The first-order valence-corrected chi connectivity index (χ1v) is 10.6. The van der Waals surface area contributed by atoms with E-state index in [1.54, 1.807) is 6.07 Å². The third-order valence-electron chi connectivity index (χ3n) is 5.05. The van der Waals surface area contributed by atoms with E-state index in [1.165, 1.54) is 0 Å². The first-order chi connectivity index (χ1) is 11.5. The lowest BCUT2D eigenvalue weighted by Gasteiger charge is -2.21. The summed E-state index contributed by atoms with van der Waals surface area (Å²) in [7, 11) is -3.12. The molecule has 2 aliphatic rings. The van der Waals surface area contributed by atoms with Gasteiger partial charge in [-0.25, -0.2) is 8.42 Å². The summed E-state index contributed by atoms with van der Waals surface area (Å²) in [6.45, 7) is 1.58. The number of nitrogens with one attached hydrogen (secondary N) is 2. The average Bonchev–Trinajstić information content (AvgIpc) is 3.10. The molecule has 1 aromatic rings. The lowest BCUT2D eigenvalue weighted by atomic mass is 10.0. The van der Waals surface area contributed by atoms with Gasteiger partial charge in [-0.1, -0.05) is 31.4 Å². The molecule has 1 saturated heterocycles. The van der Waals surface area contributed by atoms with E-state index in [4.69, 9.17) is 0 Å². The number of halogens is 1. The Kier molecular flexibility index (Phi) is 7.28. The monoisotopic (exact) mass is 386 g/mol. The molecule has 1 heterocycles. The number of rotatable bonds is 5. The van der Waals surface area contributed by atoms with Crippen molar-refractivity contribution in [2.75, 3.05) is 18.4 Å². The van der Waals surface area contributed by atoms with Crippen LogP contribution in [-0.4, -0.2) is 32.7 Å². The van der Waals surface area contributed by atoms with E-state index in [-0.39, 0.29) is 35.2 Å². The van der Waals surface area contributed by atoms with E-state index in [9.17, 15) is 13.2 Å². The molecule has 2 fully saturated rings. The van der Waals surface area contributed by atoms with E-state index in [0.29, 0.717) is 12.2 Å². The van der Waals surface area contributed by atoms with Crippen molar-refractivity contribution in [3.05, 3.63) is 29.8 Å². The Morgan fingerprint density at radius 2 is 1.92 bits per heavy atom. The van der Waals surface area contributed by atoms with Crippen molar-refractivity contribution < 1.29 is 13.2 Å². The fourth-order valence-electron chi connectivity index (χ4n) is 3.64. The van der Waals surface area contributed by atoms with Crippen molar-refractivity contribution >= 4 is 33.8 Å². The average molecular weight is 387 g/mol. The summed E-state index contributed by atoms with van der Waals surface area (Å²) in [6, 6.07) is 7.25. The Labute approximate surface area is 156 Å². The Balaban J connectivity index is 0.00000225. The second-order valence-corrected chi connectivity index (χ2v) is 9.23. The minimum absolute atomic E-state index is 0. The van der Waals surface area contributed by atoms with Crippen molar-refractivity contribution in [3.8, 4) is 0 Å². The molecule has 0 aromatic heterocycles. The van der Waals surface area contributed by atoms with Gasteiger partial charge in [0.15, 0.2) is 9.84 Å². The molecule has 1 unspecified atom stereocenters. The largest absolute Gasteiger partial charge is 0.326 e. The zero-order valence-corrected chi connectivity index (χ0v) is 16.0. The number of benzene rings is 1. The number of sulfone groups is 1. The van der Waals surface area contributed by atoms with Gasteiger partial charge >= 0.3 is 0 Å². The smallest absolute Gasteiger partial charge is 0.228 e. The lowest BCUT2D eigenvalue weighted by Crippen LogP contribution is -2.26. The van der Waals surface area contributed by atoms with Crippen LogP contribution in [0.5, 0.6) is 0 Å². The summed E-state index contributed by atoms with van der Waals surface area (Å²) in [5.41, 5.74) is 1.44. The minimum atomic E-state index is -3.12. The number of amides is 1. The summed E-state index contributed by atoms with van der Waals surface area (Å²) in [6.07, 6.45) is 5.58. The van der Waals surface area contributed by atoms with Gasteiger partial charge in [0.2, 0.25) is 5.91 Å². The molecular formula is C18H27ClN2O3S. The van der Waals surface area contributed by atoms with Crippen LogP contribution in [0.25, 0.3) is 0 Å². The van der Waals surface area contributed by atoms with E-state index >= 15 is 0 Å². The van der Waals surface area contributed by atoms with Crippen LogP contribution in [0.15, 0.2) is 24.3 Å². The molecule has 1 aliphatic carbocycles. The predicted molar refractivity (Wildman–Crippen MR) is 103 cm³/mol. The predicted octanol–water partition coefficient (Wildman–Crippen LogP) is 2.90. The quantitative estimate of drug-likeness (QED) is 0.815. The highest BCUT2D eigenvalue weighted by atomic mass is 35.5. The molecule has 1 amide bonds. The highest BCUT2D eigenvalue weighted by Gasteiger charge is 2.27. The molecule has 1 aromatic carbocycles. The maximum absolute atomic E-state index is 12.6. The fraction of sp³-hybridized carbons (Fsp3) is 0.611. The lowest BCUT2D eigenvalue weighted by molar-refractivity contribution is -0.119. The van der Waals surface area contributed by atoms with Gasteiger partial charge in [-0.2, -0.15) is 0 Å². The zero-order chi connectivity index (χ0) is 17.0. The van der Waals surface area contributed by atoms with Gasteiger partial charge in [-0.05, 0) is 43.5 Å². The summed E-state index contributed by atoms with van der Waals surface area (Å²) >= 11 is 0. The Morgan fingerprint density at radius 1 is 1.16 bits per heavy atom. The Bertz CT molecular complexity index is 681. The molecule has 140 valence electrons. The molecule has 1 aliphatic heterocycles. The van der Waals surface area contributed by atoms with Gasteiger partial charge in [0, 0.05) is 12.2 Å². The van der Waals surface area contributed by atoms with E-state index in [2.05, 4.69) is 10.6 Å². The second kappa shape index (κ2) is 9.01. The first kappa shape index (κ1) is 20.2. The SMILES string of the molecule is Cl.O=C(Nc1cccc(CS(=O)(=O)C2CCCCC2)c1)C1CCNC1. The van der Waals surface area contributed by atoms with E-state index in [1.807, 2.05) is 18.2 Å². The Morgan fingerprint density at radius 3 is 2.60 bits per heavy atom. The molecule has 5 nitrogen and oxygen atoms in total. The van der Waals surface area contributed by atoms with Crippen molar-refractivity contribution in [2.24, 2.45) is 5.92 Å². The third-order valence-corrected chi connectivity index (χ3v) is 7.28. The normalized spacial score (nSPS) is 21.5.